The summed E-state index contributed by atoms with van der Waals surface area (Å²) in [5, 5.41) is 12.1. The van der Waals surface area contributed by atoms with Crippen molar-refractivity contribution >= 4 is 11.9 Å². The summed E-state index contributed by atoms with van der Waals surface area (Å²) in [6.45, 7) is 4.47. The van der Waals surface area contributed by atoms with Crippen molar-refractivity contribution in [3.05, 3.63) is 18.0 Å². The predicted octanol–water partition coefficient (Wildman–Crippen LogP) is 1.13. The minimum atomic E-state index is -0.820. The summed E-state index contributed by atoms with van der Waals surface area (Å²) < 4.78 is 0. The van der Waals surface area contributed by atoms with Crippen molar-refractivity contribution in [1.82, 2.24) is 15.3 Å². The Morgan fingerprint density at radius 1 is 1.37 bits per heavy atom. The molecule has 6 heteroatoms. The molecule has 0 aliphatic heterocycles. The zero-order chi connectivity index (χ0) is 14.4. The molecule has 0 aromatic carbocycles. The molecule has 0 aliphatic carbocycles. The van der Waals surface area contributed by atoms with Crippen molar-refractivity contribution < 1.29 is 9.90 Å². The lowest BCUT2D eigenvalue weighted by Gasteiger charge is -2.16. The van der Waals surface area contributed by atoms with Crippen LogP contribution in [0.15, 0.2) is 12.4 Å². The first kappa shape index (κ1) is 15.4. The average Bonchev–Trinajstić information content (AvgIpc) is 2.34. The van der Waals surface area contributed by atoms with Crippen LogP contribution in [0, 0.1) is 5.92 Å². The van der Waals surface area contributed by atoms with Gasteiger partial charge < -0.3 is 15.3 Å². The predicted molar refractivity (Wildman–Crippen MR) is 74.1 cm³/mol. The number of carboxylic acid groups (broad SMARTS) is 1. The standard InChI is InChI=1S/C13H22N4O2/c1-9(2)5-11(12(18)19)14-6-10-7-15-13(16-8-10)17(3)4/h7-9,11,14H,5-6H2,1-4H3,(H,18,19). The van der Waals surface area contributed by atoms with Crippen molar-refractivity contribution in [3.63, 3.8) is 0 Å². The van der Waals surface area contributed by atoms with E-state index in [-0.39, 0.29) is 0 Å². The van der Waals surface area contributed by atoms with E-state index in [2.05, 4.69) is 15.3 Å². The van der Waals surface area contributed by atoms with Crippen LogP contribution < -0.4 is 10.2 Å². The van der Waals surface area contributed by atoms with Gasteiger partial charge in [0, 0.05) is 38.6 Å². The number of carboxylic acids is 1. The van der Waals surface area contributed by atoms with Gasteiger partial charge in [0.2, 0.25) is 5.95 Å². The Balaban J connectivity index is 2.56. The van der Waals surface area contributed by atoms with Crippen LogP contribution in [0.4, 0.5) is 5.95 Å². The molecule has 0 saturated heterocycles. The quantitative estimate of drug-likeness (QED) is 0.770. The Labute approximate surface area is 113 Å². The van der Waals surface area contributed by atoms with E-state index in [9.17, 15) is 4.79 Å². The number of aliphatic carboxylic acids is 1. The summed E-state index contributed by atoms with van der Waals surface area (Å²) in [6.07, 6.45) is 4.03. The number of nitrogens with one attached hydrogen (secondary N) is 1. The third kappa shape index (κ3) is 5.21. The van der Waals surface area contributed by atoms with Crippen molar-refractivity contribution in [3.8, 4) is 0 Å². The number of anilines is 1. The Kier molecular flexibility index (Phi) is 5.69. The van der Waals surface area contributed by atoms with Gasteiger partial charge in [0.05, 0.1) is 0 Å². The number of rotatable bonds is 7. The lowest BCUT2D eigenvalue weighted by atomic mass is 10.0. The van der Waals surface area contributed by atoms with Crippen LogP contribution in [-0.4, -0.2) is 41.2 Å². The van der Waals surface area contributed by atoms with Crippen LogP contribution in [-0.2, 0) is 11.3 Å². The van der Waals surface area contributed by atoms with Crippen molar-refractivity contribution in [1.29, 1.82) is 0 Å². The highest BCUT2D eigenvalue weighted by Gasteiger charge is 2.18. The minimum absolute atomic E-state index is 0.334. The molecule has 0 amide bonds. The van der Waals surface area contributed by atoms with Gasteiger partial charge in [-0.25, -0.2) is 9.97 Å². The largest absolute Gasteiger partial charge is 0.480 e. The molecule has 1 unspecified atom stereocenters. The molecule has 1 aromatic rings. The lowest BCUT2D eigenvalue weighted by molar-refractivity contribution is -0.140. The van der Waals surface area contributed by atoms with Gasteiger partial charge in [-0.2, -0.15) is 0 Å². The van der Waals surface area contributed by atoms with Gasteiger partial charge in [-0.1, -0.05) is 13.8 Å². The van der Waals surface area contributed by atoms with Crippen LogP contribution >= 0.6 is 0 Å². The summed E-state index contributed by atoms with van der Waals surface area (Å²) in [4.78, 5) is 21.3. The van der Waals surface area contributed by atoms with Crippen LogP contribution in [0.3, 0.4) is 0 Å². The highest BCUT2D eigenvalue weighted by Crippen LogP contribution is 2.07. The van der Waals surface area contributed by atoms with E-state index in [4.69, 9.17) is 5.11 Å². The summed E-state index contributed by atoms with van der Waals surface area (Å²) in [5.74, 6) is 0.154. The van der Waals surface area contributed by atoms with E-state index in [0.717, 1.165) is 5.56 Å². The van der Waals surface area contributed by atoms with Gasteiger partial charge in [0.15, 0.2) is 0 Å². The monoisotopic (exact) mass is 266 g/mol. The minimum Gasteiger partial charge on any atom is -0.480 e. The SMILES string of the molecule is CC(C)CC(NCc1cnc(N(C)C)nc1)C(=O)O. The number of hydrogen-bond donors (Lipinski definition) is 2. The summed E-state index contributed by atoms with van der Waals surface area (Å²) >= 11 is 0. The van der Waals surface area contributed by atoms with E-state index >= 15 is 0 Å². The van der Waals surface area contributed by atoms with Gasteiger partial charge in [-0.05, 0) is 12.3 Å². The molecular weight excluding hydrogens is 244 g/mol. The maximum atomic E-state index is 11.1. The number of carbonyl (C=O) groups is 1. The van der Waals surface area contributed by atoms with Crippen molar-refractivity contribution in [2.24, 2.45) is 5.92 Å². The van der Waals surface area contributed by atoms with Crippen molar-refractivity contribution in [2.45, 2.75) is 32.9 Å². The van der Waals surface area contributed by atoms with E-state index < -0.39 is 12.0 Å². The van der Waals surface area contributed by atoms with Gasteiger partial charge in [0.1, 0.15) is 6.04 Å². The van der Waals surface area contributed by atoms with E-state index in [1.54, 1.807) is 12.4 Å². The Morgan fingerprint density at radius 3 is 2.37 bits per heavy atom. The second-order valence-corrected chi connectivity index (χ2v) is 5.19. The van der Waals surface area contributed by atoms with Gasteiger partial charge in [-0.15, -0.1) is 0 Å². The molecule has 6 nitrogen and oxygen atoms in total. The molecule has 1 heterocycles. The Bertz CT molecular complexity index is 404. The van der Waals surface area contributed by atoms with Crippen LogP contribution in [0.5, 0.6) is 0 Å². The van der Waals surface area contributed by atoms with Gasteiger partial charge >= 0.3 is 5.97 Å². The lowest BCUT2D eigenvalue weighted by Crippen LogP contribution is -2.37. The second-order valence-electron chi connectivity index (χ2n) is 5.19. The molecule has 0 saturated carbocycles. The number of aromatic nitrogens is 2. The molecule has 0 aliphatic rings. The van der Waals surface area contributed by atoms with Gasteiger partial charge in [0.25, 0.3) is 0 Å². The van der Waals surface area contributed by atoms with E-state index in [1.807, 2.05) is 32.8 Å². The second kappa shape index (κ2) is 7.04. The zero-order valence-corrected chi connectivity index (χ0v) is 11.9. The number of nitrogens with zero attached hydrogens (tertiary/aromatic N) is 3. The Hall–Kier alpha value is -1.69. The van der Waals surface area contributed by atoms with Gasteiger partial charge in [-0.3, -0.25) is 4.79 Å². The molecule has 1 atom stereocenters. The van der Waals surface area contributed by atoms with Crippen molar-refractivity contribution in [2.75, 3.05) is 19.0 Å². The molecule has 1 rings (SSSR count). The molecule has 0 bridgehead atoms. The van der Waals surface area contributed by atoms with E-state index in [1.165, 1.54) is 0 Å². The normalized spacial score (nSPS) is 12.5. The molecule has 0 radical (unpaired) electrons. The summed E-state index contributed by atoms with van der Waals surface area (Å²) in [7, 11) is 3.74. The summed E-state index contributed by atoms with van der Waals surface area (Å²) in [5.41, 5.74) is 0.876. The maximum Gasteiger partial charge on any atom is 0.320 e. The molecule has 106 valence electrons. The number of hydrogen-bond acceptors (Lipinski definition) is 5. The Morgan fingerprint density at radius 2 is 1.95 bits per heavy atom. The molecular formula is C13H22N4O2. The fourth-order valence-corrected chi connectivity index (χ4v) is 1.65. The fourth-order valence-electron chi connectivity index (χ4n) is 1.65. The van der Waals surface area contributed by atoms with E-state index in [0.29, 0.717) is 24.8 Å². The highest BCUT2D eigenvalue weighted by atomic mass is 16.4. The smallest absolute Gasteiger partial charge is 0.320 e. The average molecular weight is 266 g/mol. The zero-order valence-electron chi connectivity index (χ0n) is 11.9. The molecule has 19 heavy (non-hydrogen) atoms. The molecule has 1 aromatic heterocycles. The maximum absolute atomic E-state index is 11.1. The van der Waals surface area contributed by atoms with Crippen LogP contribution in [0.25, 0.3) is 0 Å². The first-order chi connectivity index (χ1) is 8.90. The first-order valence-electron chi connectivity index (χ1n) is 6.34. The fraction of sp³-hybridized carbons (Fsp3) is 0.615. The highest BCUT2D eigenvalue weighted by molar-refractivity contribution is 5.73. The molecule has 0 spiro atoms. The summed E-state index contributed by atoms with van der Waals surface area (Å²) in [6, 6.07) is -0.534. The molecule has 0 fully saturated rings. The van der Waals surface area contributed by atoms with Crippen LogP contribution in [0.1, 0.15) is 25.8 Å². The third-order valence-corrected chi connectivity index (χ3v) is 2.65. The van der Waals surface area contributed by atoms with Crippen LogP contribution in [0.2, 0.25) is 0 Å². The third-order valence-electron chi connectivity index (χ3n) is 2.65. The first-order valence-corrected chi connectivity index (χ1v) is 6.34. The topological polar surface area (TPSA) is 78.4 Å². The molecule has 2 N–H and O–H groups in total.